The summed E-state index contributed by atoms with van der Waals surface area (Å²) in [5.74, 6) is 0.864. The number of benzene rings is 1. The number of nitrogens with one attached hydrogen (secondary N) is 1. The second-order valence-electron chi connectivity index (χ2n) is 11.5. The third-order valence-electron chi connectivity index (χ3n) is 8.07. The van der Waals surface area contributed by atoms with Crippen LogP contribution in [0.1, 0.15) is 62.2 Å². The van der Waals surface area contributed by atoms with Crippen LogP contribution in [0.25, 0.3) is 0 Å². The molecule has 4 heterocycles. The zero-order valence-corrected chi connectivity index (χ0v) is 25.3. The predicted molar refractivity (Wildman–Crippen MR) is 157 cm³/mol. The van der Waals surface area contributed by atoms with Gasteiger partial charge in [-0.05, 0) is 87.2 Å². The van der Waals surface area contributed by atoms with E-state index in [9.17, 15) is 13.6 Å². The van der Waals surface area contributed by atoms with Crippen LogP contribution in [0.2, 0.25) is 0 Å². The molecule has 2 saturated heterocycles. The summed E-state index contributed by atoms with van der Waals surface area (Å²) < 4.78 is 34.7. The lowest BCUT2D eigenvalue weighted by molar-refractivity contribution is -0.00787. The maximum Gasteiger partial charge on any atom is 0.266 e. The van der Waals surface area contributed by atoms with Crippen LogP contribution in [-0.2, 0) is 10.3 Å². The molecule has 1 aromatic carbocycles. The largest absolute Gasteiger partial charge is 0.369 e. The molecule has 0 spiro atoms. The number of amides is 1. The van der Waals surface area contributed by atoms with Crippen LogP contribution in [-0.4, -0.2) is 82.3 Å². The van der Waals surface area contributed by atoms with Gasteiger partial charge in [-0.2, -0.15) is 4.98 Å². The van der Waals surface area contributed by atoms with E-state index < -0.39 is 17.2 Å². The Morgan fingerprint density at radius 2 is 1.56 bits per heavy atom. The Morgan fingerprint density at radius 1 is 0.977 bits per heavy atom. The maximum absolute atomic E-state index is 13.5. The molecule has 1 amide bonds. The van der Waals surface area contributed by atoms with Crippen LogP contribution in [0.4, 0.5) is 20.7 Å². The number of carbonyl (C=O) groups is 1. The van der Waals surface area contributed by atoms with Crippen molar-refractivity contribution < 1.29 is 22.8 Å². The van der Waals surface area contributed by atoms with Crippen LogP contribution >= 0.6 is 11.8 Å². The summed E-state index contributed by atoms with van der Waals surface area (Å²) in [6.45, 7) is 6.90. The normalized spacial score (nSPS) is 19.3. The molecular weight excluding hydrogens is 582 g/mol. The number of anilines is 2. The molecular formula is C29H37ClF2N8O3. The molecule has 3 aliphatic rings. The molecule has 2 aliphatic heterocycles. The first kappa shape index (κ1) is 31.0. The van der Waals surface area contributed by atoms with Crippen molar-refractivity contribution >= 4 is 29.6 Å². The predicted octanol–water partition coefficient (Wildman–Crippen LogP) is 4.30. The van der Waals surface area contributed by atoms with Crippen molar-refractivity contribution in [2.24, 2.45) is 0 Å². The van der Waals surface area contributed by atoms with E-state index >= 15 is 0 Å². The number of nitrogens with zero attached hydrogens (tertiary/aromatic N) is 7. The molecule has 11 nitrogen and oxygen atoms in total. The summed E-state index contributed by atoms with van der Waals surface area (Å²) in [6.07, 6.45) is 8.05. The average molecular weight is 619 g/mol. The fourth-order valence-corrected chi connectivity index (χ4v) is 5.39. The summed E-state index contributed by atoms with van der Waals surface area (Å²) in [5.41, 5.74) is -0.0904. The van der Waals surface area contributed by atoms with Crippen LogP contribution in [0.15, 0.2) is 41.2 Å². The lowest BCUT2D eigenvalue weighted by Gasteiger charge is -2.38. The molecule has 3 fully saturated rings. The minimum Gasteiger partial charge on any atom is -0.369 e. The van der Waals surface area contributed by atoms with Crippen LogP contribution in [0.3, 0.4) is 0 Å². The molecule has 2 aromatic heterocycles. The number of methoxy groups -OCH3 is 1. The number of aromatic nitrogens is 4. The highest BCUT2D eigenvalue weighted by atomic mass is 35.5. The monoisotopic (exact) mass is 618 g/mol. The Hall–Kier alpha value is -3.42. The van der Waals surface area contributed by atoms with Crippen molar-refractivity contribution in [2.45, 2.75) is 69.7 Å². The summed E-state index contributed by atoms with van der Waals surface area (Å²) in [6, 6.07) is 5.01. The molecule has 6 rings (SSSR count). The van der Waals surface area contributed by atoms with Gasteiger partial charge in [0.1, 0.15) is 17.2 Å². The Morgan fingerprint density at radius 3 is 2.09 bits per heavy atom. The number of rotatable bonds is 8. The van der Waals surface area contributed by atoms with Crippen LogP contribution in [0, 0.1) is 11.6 Å². The summed E-state index contributed by atoms with van der Waals surface area (Å²) in [5, 5.41) is 4.15. The molecule has 1 unspecified atom stereocenters. The smallest absolute Gasteiger partial charge is 0.266 e. The molecule has 0 bridgehead atoms. The van der Waals surface area contributed by atoms with Gasteiger partial charge >= 0.3 is 0 Å². The van der Waals surface area contributed by atoms with Crippen LogP contribution in [0.5, 0.6) is 0 Å². The van der Waals surface area contributed by atoms with E-state index in [-0.39, 0.29) is 18.0 Å². The number of hydrogen-bond acceptors (Lipinski definition) is 10. The minimum absolute atomic E-state index is 0.0166. The Labute approximate surface area is 254 Å². The number of halogens is 3. The number of piperidine rings is 1. The average Bonchev–Trinajstić information content (AvgIpc) is 3.51. The highest BCUT2D eigenvalue weighted by molar-refractivity contribution is 6.13. The van der Waals surface area contributed by atoms with E-state index in [0.717, 1.165) is 82.5 Å². The van der Waals surface area contributed by atoms with E-state index in [1.165, 1.54) is 0 Å². The van der Waals surface area contributed by atoms with Crippen molar-refractivity contribution in [1.82, 2.24) is 29.8 Å². The second-order valence-corrected chi connectivity index (χ2v) is 11.7. The molecule has 1 saturated carbocycles. The topological polar surface area (TPSA) is 113 Å². The van der Waals surface area contributed by atoms with Crippen molar-refractivity contribution in [3.63, 3.8) is 0 Å². The lowest BCUT2D eigenvalue weighted by atomic mass is 10.0. The molecule has 43 heavy (non-hydrogen) atoms. The van der Waals surface area contributed by atoms with Gasteiger partial charge in [-0.25, -0.2) is 23.6 Å². The van der Waals surface area contributed by atoms with Gasteiger partial charge in [0.2, 0.25) is 5.95 Å². The van der Waals surface area contributed by atoms with E-state index in [4.69, 9.17) is 21.0 Å². The molecule has 1 aliphatic carbocycles. The number of carbonyl (C=O) groups excluding carboxylic acids is 1. The zero-order chi connectivity index (χ0) is 30.6. The van der Waals surface area contributed by atoms with Crippen molar-refractivity contribution in [2.75, 3.05) is 43.1 Å². The summed E-state index contributed by atoms with van der Waals surface area (Å²) in [7, 11) is 1.62. The summed E-state index contributed by atoms with van der Waals surface area (Å²) in [4.78, 5) is 36.1. The third-order valence-corrected chi connectivity index (χ3v) is 8.38. The molecule has 0 radical (unpaired) electrons. The first-order valence-corrected chi connectivity index (χ1v) is 14.9. The Kier molecular flexibility index (Phi) is 9.72. The second kappa shape index (κ2) is 13.5. The highest BCUT2D eigenvalue weighted by Gasteiger charge is 2.40. The van der Waals surface area contributed by atoms with Gasteiger partial charge in [0.25, 0.3) is 17.7 Å². The molecule has 232 valence electrons. The van der Waals surface area contributed by atoms with Gasteiger partial charge < -0.3 is 24.0 Å². The summed E-state index contributed by atoms with van der Waals surface area (Å²) >= 11 is 5.75. The van der Waals surface area contributed by atoms with Gasteiger partial charge in [0.15, 0.2) is 0 Å². The van der Waals surface area contributed by atoms with Gasteiger partial charge in [-0.1, -0.05) is 0 Å². The quantitative estimate of drug-likeness (QED) is 0.367. The fraction of sp³-hybridized carbons (Fsp3) is 0.552. The maximum atomic E-state index is 13.5. The van der Waals surface area contributed by atoms with Gasteiger partial charge in [0.05, 0.1) is 5.56 Å². The van der Waals surface area contributed by atoms with Crippen LogP contribution < -0.4 is 14.6 Å². The molecule has 1 atom stereocenters. The Bertz CT molecular complexity index is 1330. The third kappa shape index (κ3) is 7.57. The minimum atomic E-state index is -0.631. The zero-order valence-electron chi connectivity index (χ0n) is 24.5. The van der Waals surface area contributed by atoms with E-state index in [0.29, 0.717) is 29.4 Å². The highest BCUT2D eigenvalue weighted by Crippen LogP contribution is 2.34. The standard InChI is InChI=1S/C23H33ClN8O3.C6H4F2/c1-23(2,34-3)20-27-22(29-35-20)30-10-7-18(8-11-30)32(17-4-5-17)19(33)15-12-25-21(26-13-15)31-9-6-16(14-31)28-24;7-5-1-2-6(8)4-3-5/h12-13,16-18,28H,4-11,14H2,1-3H3;1-4H. The number of ether oxygens (including phenoxy) is 1. The van der Waals surface area contributed by atoms with Gasteiger partial charge in [-0.3, -0.25) is 4.79 Å². The van der Waals surface area contributed by atoms with E-state index in [1.54, 1.807) is 19.5 Å². The first-order valence-electron chi connectivity index (χ1n) is 14.5. The first-order chi connectivity index (χ1) is 20.7. The van der Waals surface area contributed by atoms with Gasteiger partial charge in [0, 0.05) is 63.8 Å². The van der Waals surface area contributed by atoms with E-state index in [1.807, 2.05) is 13.8 Å². The van der Waals surface area contributed by atoms with Crippen molar-refractivity contribution in [3.8, 4) is 0 Å². The Balaban J connectivity index is 0.000000400. The van der Waals surface area contributed by atoms with Crippen molar-refractivity contribution in [3.05, 3.63) is 59.7 Å². The fourth-order valence-electron chi connectivity index (χ4n) is 5.21. The molecule has 1 N–H and O–H groups in total. The van der Waals surface area contributed by atoms with E-state index in [2.05, 4.69) is 39.6 Å². The lowest BCUT2D eigenvalue weighted by Crippen LogP contribution is -2.48. The molecule has 3 aromatic rings. The molecule has 14 heteroatoms. The SMILES string of the molecule is COC(C)(C)c1nc(N2CCC(N(C(=O)c3cnc(N4CCC(NCl)C4)nc3)C3CC3)CC2)no1.Fc1ccc(F)cc1. The number of hydrogen-bond donors (Lipinski definition) is 1. The van der Waals surface area contributed by atoms with Crippen molar-refractivity contribution in [1.29, 1.82) is 0 Å². The van der Waals surface area contributed by atoms with Gasteiger partial charge in [-0.15, -0.1) is 0 Å².